The van der Waals surface area contributed by atoms with Crippen molar-refractivity contribution in [3.8, 4) is 5.75 Å². The zero-order valence-corrected chi connectivity index (χ0v) is 20.3. The molecule has 0 atom stereocenters. The van der Waals surface area contributed by atoms with Gasteiger partial charge < -0.3 is 9.84 Å². The summed E-state index contributed by atoms with van der Waals surface area (Å²) in [6.07, 6.45) is -1.18. The maximum absolute atomic E-state index is 13.7. The van der Waals surface area contributed by atoms with Crippen LogP contribution < -0.4 is 9.04 Å². The second kappa shape index (κ2) is 9.36. The lowest BCUT2D eigenvalue weighted by atomic mass is 10.1. The van der Waals surface area contributed by atoms with Gasteiger partial charge >= 0.3 is 12.1 Å². The summed E-state index contributed by atoms with van der Waals surface area (Å²) in [5.74, 6) is -1.02. The molecule has 0 aliphatic carbocycles. The summed E-state index contributed by atoms with van der Waals surface area (Å²) in [5, 5.41) is 10.3. The summed E-state index contributed by atoms with van der Waals surface area (Å²) in [6.45, 7) is 1.81. The third-order valence-electron chi connectivity index (χ3n) is 5.80. The molecular formula is C28H20N2O6S. The van der Waals surface area contributed by atoms with Crippen molar-refractivity contribution < 1.29 is 27.9 Å². The van der Waals surface area contributed by atoms with Gasteiger partial charge in [-0.25, -0.2) is 23.0 Å². The molecule has 0 bridgehead atoms. The number of nitrogens with zero attached hydrogens (tertiary/aromatic N) is 2. The number of ether oxygens (including phenoxy) is 1. The minimum atomic E-state index is -4.43. The van der Waals surface area contributed by atoms with Gasteiger partial charge in [-0.1, -0.05) is 42.0 Å². The molecule has 0 saturated heterocycles. The van der Waals surface area contributed by atoms with Crippen molar-refractivity contribution in [3.05, 3.63) is 108 Å². The third kappa shape index (κ3) is 4.48. The molecular weight excluding hydrogens is 492 g/mol. The van der Waals surface area contributed by atoms with Crippen LogP contribution >= 0.6 is 0 Å². The topological polar surface area (TPSA) is 114 Å². The summed E-state index contributed by atoms with van der Waals surface area (Å²) in [6, 6.07) is 25.1. The molecule has 1 N–H and O–H groups in total. The average Bonchev–Trinajstić information content (AvgIpc) is 2.89. The van der Waals surface area contributed by atoms with Crippen molar-refractivity contribution in [1.29, 1.82) is 0 Å². The Balaban J connectivity index is 1.66. The molecule has 9 heteroatoms. The molecule has 37 heavy (non-hydrogen) atoms. The summed E-state index contributed by atoms with van der Waals surface area (Å²) in [5.41, 5.74) is 1.85. The van der Waals surface area contributed by atoms with Gasteiger partial charge in [0.2, 0.25) is 0 Å². The average molecular weight is 513 g/mol. The normalized spacial score (nSPS) is 11.4. The quantitative estimate of drug-likeness (QED) is 0.297. The van der Waals surface area contributed by atoms with E-state index in [1.165, 1.54) is 36.4 Å². The van der Waals surface area contributed by atoms with E-state index in [1.807, 2.05) is 6.92 Å². The molecule has 0 saturated carbocycles. The number of carbonyl (C=O) groups is 2. The number of aromatic carboxylic acids is 1. The van der Waals surface area contributed by atoms with Crippen molar-refractivity contribution in [2.24, 2.45) is 0 Å². The smallest absolute Gasteiger partial charge is 0.434 e. The van der Waals surface area contributed by atoms with Crippen LogP contribution in [-0.2, 0) is 10.0 Å². The Hall–Kier alpha value is -4.76. The molecule has 5 rings (SSSR count). The minimum Gasteiger partial charge on any atom is -0.478 e. The number of carbonyl (C=O) groups excluding carboxylic acids is 1. The number of hydrogen-bond donors (Lipinski definition) is 1. The molecule has 8 nitrogen and oxygen atoms in total. The van der Waals surface area contributed by atoms with E-state index in [9.17, 15) is 23.1 Å². The third-order valence-corrected chi connectivity index (χ3v) is 7.51. The first kappa shape index (κ1) is 24.0. The van der Waals surface area contributed by atoms with Crippen LogP contribution in [0.4, 0.5) is 10.5 Å². The van der Waals surface area contributed by atoms with E-state index in [1.54, 1.807) is 60.7 Å². The second-order valence-corrected chi connectivity index (χ2v) is 10.1. The molecule has 1 heterocycles. The molecule has 1 amide bonds. The van der Waals surface area contributed by atoms with Crippen LogP contribution in [0.2, 0.25) is 0 Å². The molecule has 0 fully saturated rings. The van der Waals surface area contributed by atoms with E-state index in [0.29, 0.717) is 26.1 Å². The lowest BCUT2D eigenvalue weighted by molar-refractivity contribution is 0.0697. The van der Waals surface area contributed by atoms with E-state index in [4.69, 9.17) is 4.74 Å². The Morgan fingerprint density at radius 2 is 1.32 bits per heavy atom. The number of hydrogen-bond acceptors (Lipinski definition) is 6. The Morgan fingerprint density at radius 3 is 1.86 bits per heavy atom. The fourth-order valence-corrected chi connectivity index (χ4v) is 5.26. The molecule has 184 valence electrons. The first-order valence-corrected chi connectivity index (χ1v) is 12.6. The number of rotatable bonds is 5. The SMILES string of the molecule is Cc1ccc(S(=O)(=O)N(C(=O)Oc2c3ccccc3nc3ccccc23)c2ccc(C(=O)O)cc2)cc1. The highest BCUT2D eigenvalue weighted by Gasteiger charge is 2.33. The number of fused-ring (bicyclic) bond motifs is 2. The highest BCUT2D eigenvalue weighted by molar-refractivity contribution is 7.93. The standard InChI is InChI=1S/C28H20N2O6S/c1-18-10-16-21(17-11-18)37(34,35)30(20-14-12-19(13-15-20)27(31)32)28(33)36-26-22-6-2-4-8-24(22)29-25-9-5-3-7-23(25)26/h2-17H,1H3,(H,31,32). The molecule has 4 aromatic carbocycles. The van der Waals surface area contributed by atoms with E-state index < -0.39 is 22.1 Å². The maximum Gasteiger partial charge on any atom is 0.434 e. The van der Waals surface area contributed by atoms with Crippen molar-refractivity contribution >= 4 is 49.6 Å². The van der Waals surface area contributed by atoms with Gasteiger partial charge in [-0.2, -0.15) is 4.31 Å². The lowest BCUT2D eigenvalue weighted by Gasteiger charge is -2.23. The first-order chi connectivity index (χ1) is 17.8. The van der Waals surface area contributed by atoms with Gasteiger partial charge in [0.15, 0.2) is 5.75 Å². The number of amides is 1. The fourth-order valence-electron chi connectivity index (χ4n) is 3.94. The number of anilines is 1. The van der Waals surface area contributed by atoms with Crippen molar-refractivity contribution in [2.75, 3.05) is 4.31 Å². The van der Waals surface area contributed by atoms with Crippen molar-refractivity contribution in [2.45, 2.75) is 11.8 Å². The van der Waals surface area contributed by atoms with Gasteiger partial charge in [-0.05, 0) is 67.6 Å². The van der Waals surface area contributed by atoms with Crippen molar-refractivity contribution in [3.63, 3.8) is 0 Å². The summed E-state index contributed by atoms with van der Waals surface area (Å²) >= 11 is 0. The van der Waals surface area contributed by atoms with Crippen LogP contribution in [0.1, 0.15) is 15.9 Å². The molecule has 0 aliphatic heterocycles. The zero-order chi connectivity index (χ0) is 26.2. The van der Waals surface area contributed by atoms with Crippen LogP contribution in [0.3, 0.4) is 0 Å². The minimum absolute atomic E-state index is 0.0593. The number of aromatic nitrogens is 1. The Bertz CT molecular complexity index is 1710. The maximum atomic E-state index is 13.7. The van der Waals surface area contributed by atoms with Gasteiger partial charge in [-0.3, -0.25) is 0 Å². The Morgan fingerprint density at radius 1 is 0.784 bits per heavy atom. The highest BCUT2D eigenvalue weighted by Crippen LogP contribution is 2.34. The summed E-state index contributed by atoms with van der Waals surface area (Å²) < 4.78 is 33.8. The summed E-state index contributed by atoms with van der Waals surface area (Å²) in [7, 11) is -4.43. The Labute approximate surface area is 212 Å². The van der Waals surface area contributed by atoms with E-state index >= 15 is 0 Å². The highest BCUT2D eigenvalue weighted by atomic mass is 32.2. The molecule has 0 radical (unpaired) electrons. The number of pyridine rings is 1. The van der Waals surface area contributed by atoms with Crippen LogP contribution in [0.5, 0.6) is 5.75 Å². The monoisotopic (exact) mass is 512 g/mol. The number of para-hydroxylation sites is 2. The van der Waals surface area contributed by atoms with E-state index in [0.717, 1.165) is 5.56 Å². The number of carboxylic acid groups (broad SMARTS) is 1. The molecule has 0 spiro atoms. The zero-order valence-electron chi connectivity index (χ0n) is 19.5. The number of benzene rings is 4. The lowest BCUT2D eigenvalue weighted by Crippen LogP contribution is -2.39. The van der Waals surface area contributed by atoms with Crippen LogP contribution in [0.15, 0.2) is 102 Å². The van der Waals surface area contributed by atoms with Crippen molar-refractivity contribution in [1.82, 2.24) is 4.98 Å². The fraction of sp³-hybridized carbons (Fsp3) is 0.0357. The molecule has 0 unspecified atom stereocenters. The van der Waals surface area contributed by atoms with Gasteiger partial charge in [0.25, 0.3) is 10.0 Å². The number of carboxylic acids is 1. The van der Waals surface area contributed by atoms with Crippen LogP contribution in [0, 0.1) is 6.92 Å². The van der Waals surface area contributed by atoms with Gasteiger partial charge in [0, 0.05) is 10.8 Å². The number of sulfonamides is 1. The van der Waals surface area contributed by atoms with Crippen LogP contribution in [0.25, 0.3) is 21.8 Å². The van der Waals surface area contributed by atoms with Gasteiger partial charge in [0.05, 0.1) is 27.2 Å². The van der Waals surface area contributed by atoms with Gasteiger partial charge in [-0.15, -0.1) is 0 Å². The van der Waals surface area contributed by atoms with Gasteiger partial charge in [0.1, 0.15) is 0 Å². The van der Waals surface area contributed by atoms with Crippen LogP contribution in [-0.4, -0.2) is 30.6 Å². The predicted octanol–water partition coefficient (Wildman–Crippen LogP) is 5.79. The first-order valence-electron chi connectivity index (χ1n) is 11.2. The predicted molar refractivity (Wildman–Crippen MR) is 140 cm³/mol. The summed E-state index contributed by atoms with van der Waals surface area (Å²) in [4.78, 5) is 29.5. The molecule has 1 aromatic heterocycles. The molecule has 5 aromatic rings. The molecule has 0 aliphatic rings. The van der Waals surface area contributed by atoms with E-state index in [-0.39, 0.29) is 21.9 Å². The van der Waals surface area contributed by atoms with E-state index in [2.05, 4.69) is 4.98 Å². The number of aryl methyl sites for hydroxylation is 1. The Kier molecular flexibility index (Phi) is 6.06. The second-order valence-electron chi connectivity index (χ2n) is 8.28. The largest absolute Gasteiger partial charge is 0.478 e.